The summed E-state index contributed by atoms with van der Waals surface area (Å²) in [5.74, 6) is -6.10. The van der Waals surface area contributed by atoms with Crippen LogP contribution in [0.4, 0.5) is 0 Å². The molecule has 1 fully saturated rings. The summed E-state index contributed by atoms with van der Waals surface area (Å²) in [6.45, 7) is 3.12. The van der Waals surface area contributed by atoms with Gasteiger partial charge in [0.05, 0.1) is 6.10 Å². The number of carboxylic acid groups (broad SMARTS) is 5. The summed E-state index contributed by atoms with van der Waals surface area (Å²) in [5, 5.41) is 52.3. The molecule has 0 aliphatic carbocycles. The van der Waals surface area contributed by atoms with Crippen LogP contribution in [0.1, 0.15) is 39.5 Å². The van der Waals surface area contributed by atoms with Gasteiger partial charge in [-0.1, -0.05) is 0 Å². The minimum atomic E-state index is -1.31. The van der Waals surface area contributed by atoms with E-state index in [1.807, 2.05) is 0 Å². The Morgan fingerprint density at radius 1 is 0.868 bits per heavy atom. The van der Waals surface area contributed by atoms with Gasteiger partial charge in [0.25, 0.3) is 0 Å². The molecular weight excluding hydrogens is 518 g/mol. The molecule has 0 aromatic heterocycles. The van der Waals surface area contributed by atoms with Crippen LogP contribution in [0.25, 0.3) is 0 Å². The first-order valence-corrected chi connectivity index (χ1v) is 11.1. The third kappa shape index (κ3) is 23.0. The largest absolute Gasteiger partial charge is 0.481 e. The van der Waals surface area contributed by atoms with Crippen molar-refractivity contribution in [3.8, 4) is 0 Å². The van der Waals surface area contributed by atoms with Crippen molar-refractivity contribution in [2.24, 2.45) is 22.9 Å². The van der Waals surface area contributed by atoms with E-state index >= 15 is 0 Å². The number of esters is 1. The van der Waals surface area contributed by atoms with E-state index in [1.165, 1.54) is 13.8 Å². The maximum atomic E-state index is 11.1. The minimum absolute atomic E-state index is 0.0729. The maximum absolute atomic E-state index is 11.1. The molecule has 1 saturated heterocycles. The second-order valence-electron chi connectivity index (χ2n) is 7.83. The number of carbonyl (C=O) groups is 6. The van der Waals surface area contributed by atoms with Crippen molar-refractivity contribution in [1.29, 1.82) is 0 Å². The van der Waals surface area contributed by atoms with Crippen LogP contribution in [0.5, 0.6) is 0 Å². The lowest BCUT2D eigenvalue weighted by Crippen LogP contribution is -2.39. The molecule has 38 heavy (non-hydrogen) atoms. The van der Waals surface area contributed by atoms with Crippen molar-refractivity contribution in [1.82, 2.24) is 5.32 Å². The van der Waals surface area contributed by atoms with Crippen molar-refractivity contribution in [3.63, 3.8) is 0 Å². The standard InChI is InChI=1S/C8H14N2O6.C5H9NO2.C4H9NO3.C3H7NO2/c9-4(1-2-6(11)12)8(15)16-3-5(10)7(13)14;7-5(8)4-2-1-3-6-4;1-2(6)3(5)4(7)8;1-2(4)3(5)6/h4-5H,1-3,9-10H2,(H,11,12)(H,13,14);4,6H,1-3H2,(H,7,8);2-3,6H,5H2,1H3,(H,7,8);2H,4H2,1H3,(H,5,6)/t;4-;;/m.0../s1. The van der Waals surface area contributed by atoms with Crippen LogP contribution in [0.2, 0.25) is 0 Å². The molecule has 0 bridgehead atoms. The van der Waals surface area contributed by atoms with E-state index in [-0.39, 0.29) is 18.9 Å². The van der Waals surface area contributed by atoms with Gasteiger partial charge in [-0.3, -0.25) is 28.8 Å². The Bertz CT molecular complexity index is 746. The van der Waals surface area contributed by atoms with E-state index in [1.54, 1.807) is 0 Å². The van der Waals surface area contributed by atoms with Crippen molar-refractivity contribution < 1.29 is 64.1 Å². The third-order valence-electron chi connectivity index (χ3n) is 4.25. The van der Waals surface area contributed by atoms with Gasteiger partial charge in [0.15, 0.2) is 0 Å². The van der Waals surface area contributed by atoms with Crippen molar-refractivity contribution in [3.05, 3.63) is 0 Å². The normalized spacial score (nSPS) is 17.6. The zero-order chi connectivity index (χ0) is 30.6. The van der Waals surface area contributed by atoms with Crippen LogP contribution in [0, 0.1) is 0 Å². The molecule has 1 aliphatic heterocycles. The molecule has 0 aromatic rings. The molecule has 0 amide bonds. The highest BCUT2D eigenvalue weighted by Crippen LogP contribution is 2.03. The molecule has 1 heterocycles. The predicted octanol–water partition coefficient (Wildman–Crippen LogP) is -3.85. The monoisotopic (exact) mass is 557 g/mol. The van der Waals surface area contributed by atoms with Gasteiger partial charge < -0.3 is 63.6 Å². The zero-order valence-corrected chi connectivity index (χ0v) is 21.1. The maximum Gasteiger partial charge on any atom is 0.324 e. The summed E-state index contributed by atoms with van der Waals surface area (Å²) in [7, 11) is 0. The molecule has 1 rings (SSSR count). The number of nitrogens with one attached hydrogen (secondary N) is 1. The lowest BCUT2D eigenvalue weighted by molar-refractivity contribution is -0.149. The fourth-order valence-corrected chi connectivity index (χ4v) is 1.85. The highest BCUT2D eigenvalue weighted by molar-refractivity contribution is 5.78. The summed E-state index contributed by atoms with van der Waals surface area (Å²) >= 11 is 0. The Morgan fingerprint density at radius 3 is 1.61 bits per heavy atom. The average molecular weight is 558 g/mol. The number of aliphatic carboxylic acids is 5. The molecule has 0 aromatic carbocycles. The Balaban J connectivity index is -0.000000468. The Kier molecular flexibility index (Phi) is 22.3. The van der Waals surface area contributed by atoms with Crippen LogP contribution in [-0.2, 0) is 33.5 Å². The fourth-order valence-electron chi connectivity index (χ4n) is 1.85. The van der Waals surface area contributed by atoms with Gasteiger partial charge in [-0.25, -0.2) is 0 Å². The number of nitrogens with two attached hydrogens (primary N) is 4. The van der Waals surface area contributed by atoms with Gasteiger partial charge in [-0.05, 0) is 39.7 Å². The van der Waals surface area contributed by atoms with Crippen LogP contribution in [-0.4, -0.2) is 116 Å². The average Bonchev–Trinajstić information content (AvgIpc) is 3.36. The van der Waals surface area contributed by atoms with Gasteiger partial charge in [0.2, 0.25) is 0 Å². The SMILES string of the molecule is CC(N)C(=O)O.CC(O)C(N)C(=O)O.NC(COC(=O)C(N)CCC(=O)O)C(=O)O.O=C(O)[C@@H]1CCCN1. The van der Waals surface area contributed by atoms with Crippen LogP contribution in [0.3, 0.4) is 0 Å². The first-order chi connectivity index (χ1) is 17.3. The fraction of sp³-hybridized carbons (Fsp3) is 0.700. The number of aliphatic hydroxyl groups is 1. The zero-order valence-electron chi connectivity index (χ0n) is 21.1. The van der Waals surface area contributed by atoms with Crippen LogP contribution >= 0.6 is 0 Å². The summed E-state index contributed by atoms with van der Waals surface area (Å²) < 4.78 is 4.50. The van der Waals surface area contributed by atoms with Gasteiger partial charge in [0, 0.05) is 6.42 Å². The topological polar surface area (TPSA) is 349 Å². The van der Waals surface area contributed by atoms with Crippen molar-refractivity contribution >= 4 is 35.8 Å². The number of hydrogen-bond donors (Lipinski definition) is 11. The Labute approximate surface area is 217 Å². The smallest absolute Gasteiger partial charge is 0.324 e. The molecule has 0 saturated carbocycles. The third-order valence-corrected chi connectivity index (χ3v) is 4.25. The molecular formula is C20H39N5O13. The molecule has 15 N–H and O–H groups in total. The molecule has 18 nitrogen and oxygen atoms in total. The molecule has 18 heteroatoms. The van der Waals surface area contributed by atoms with E-state index in [2.05, 4.69) is 10.1 Å². The lowest BCUT2D eigenvalue weighted by Gasteiger charge is -2.12. The van der Waals surface area contributed by atoms with Crippen molar-refractivity contribution in [2.45, 2.75) is 75.8 Å². The highest BCUT2D eigenvalue weighted by Gasteiger charge is 2.21. The number of hydrogen-bond acceptors (Lipinski definition) is 13. The first kappa shape index (κ1) is 39.1. The number of aliphatic hydroxyl groups excluding tert-OH is 1. The van der Waals surface area contributed by atoms with Gasteiger partial charge in [-0.2, -0.15) is 0 Å². The molecule has 6 atom stereocenters. The van der Waals surface area contributed by atoms with E-state index in [9.17, 15) is 28.8 Å². The van der Waals surface area contributed by atoms with E-state index in [4.69, 9.17) is 53.6 Å². The Hall–Kier alpha value is -3.42. The number of ether oxygens (including phenoxy) is 1. The number of carboxylic acids is 5. The van der Waals surface area contributed by atoms with Crippen LogP contribution in [0.15, 0.2) is 0 Å². The Morgan fingerprint density at radius 2 is 1.37 bits per heavy atom. The summed E-state index contributed by atoms with van der Waals surface area (Å²) in [4.78, 5) is 61.1. The summed E-state index contributed by atoms with van der Waals surface area (Å²) in [6.07, 6.45) is 0.469. The number of rotatable bonds is 11. The second-order valence-corrected chi connectivity index (χ2v) is 7.83. The van der Waals surface area contributed by atoms with E-state index < -0.39 is 72.7 Å². The van der Waals surface area contributed by atoms with Gasteiger partial charge in [-0.15, -0.1) is 0 Å². The van der Waals surface area contributed by atoms with Gasteiger partial charge in [0.1, 0.15) is 36.8 Å². The van der Waals surface area contributed by atoms with Crippen molar-refractivity contribution in [2.75, 3.05) is 13.2 Å². The lowest BCUT2D eigenvalue weighted by atomic mass is 10.2. The predicted molar refractivity (Wildman–Crippen MR) is 129 cm³/mol. The molecule has 5 unspecified atom stereocenters. The minimum Gasteiger partial charge on any atom is -0.481 e. The summed E-state index contributed by atoms with van der Waals surface area (Å²) in [5.41, 5.74) is 20.1. The first-order valence-electron chi connectivity index (χ1n) is 11.1. The molecule has 1 aliphatic rings. The number of carbonyl (C=O) groups excluding carboxylic acids is 1. The second kappa shape index (κ2) is 21.6. The van der Waals surface area contributed by atoms with E-state index in [0.717, 1.165) is 19.4 Å². The van der Waals surface area contributed by atoms with Crippen LogP contribution < -0.4 is 28.3 Å². The highest BCUT2D eigenvalue weighted by atomic mass is 16.5. The quantitative estimate of drug-likeness (QED) is 0.108. The molecule has 0 spiro atoms. The molecule has 0 radical (unpaired) electrons. The van der Waals surface area contributed by atoms with E-state index in [0.29, 0.717) is 0 Å². The van der Waals surface area contributed by atoms with Gasteiger partial charge >= 0.3 is 35.8 Å². The molecule has 222 valence electrons. The summed E-state index contributed by atoms with van der Waals surface area (Å²) in [6, 6.07) is -4.55.